The van der Waals surface area contributed by atoms with E-state index in [9.17, 15) is 0 Å². The molecule has 0 aromatic heterocycles. The van der Waals surface area contributed by atoms with Gasteiger partial charge in [-0.25, -0.2) is 0 Å². The van der Waals surface area contributed by atoms with E-state index in [4.69, 9.17) is 14.2 Å². The van der Waals surface area contributed by atoms with E-state index in [1.165, 1.54) is 0 Å². The summed E-state index contributed by atoms with van der Waals surface area (Å²) in [5.41, 5.74) is 1.01. The number of benzene rings is 1. The largest absolute Gasteiger partial charge is 0.373 e. The van der Waals surface area contributed by atoms with E-state index in [-0.39, 0.29) is 12.2 Å². The molecule has 0 aliphatic carbocycles. The molecule has 16 heavy (non-hydrogen) atoms. The lowest BCUT2D eigenvalue weighted by atomic mass is 10.0. The number of ether oxygens (including phenoxy) is 3. The first kappa shape index (κ1) is 10.3. The topological polar surface area (TPSA) is 27.7 Å². The summed E-state index contributed by atoms with van der Waals surface area (Å²) in [7, 11) is 0. The molecule has 1 aromatic rings. The van der Waals surface area contributed by atoms with Crippen molar-refractivity contribution in [3.8, 4) is 0 Å². The van der Waals surface area contributed by atoms with Crippen LogP contribution in [0.1, 0.15) is 18.4 Å². The number of fused-ring (bicyclic) bond motifs is 1. The van der Waals surface area contributed by atoms with Gasteiger partial charge in [0.25, 0.3) is 6.29 Å². The highest BCUT2D eigenvalue weighted by Crippen LogP contribution is 2.30. The molecule has 2 atom stereocenters. The third kappa shape index (κ3) is 1.98. The van der Waals surface area contributed by atoms with E-state index in [2.05, 4.69) is 0 Å². The standard InChI is InChI=1S/C13H15O3/c1-2-5-10(6-3-1)13-15-9-12-11(16-13)7-4-8-14-12/h1-3,5-6,11-12H,4,7-9H2/t11-,12+/m0/s1. The molecule has 3 heteroatoms. The molecular formula is C13H15O3. The van der Waals surface area contributed by atoms with Gasteiger partial charge in [0.05, 0.1) is 12.7 Å². The van der Waals surface area contributed by atoms with E-state index >= 15 is 0 Å². The van der Waals surface area contributed by atoms with Crippen LogP contribution in [-0.4, -0.2) is 25.4 Å². The summed E-state index contributed by atoms with van der Waals surface area (Å²) in [6.45, 7) is 1.43. The van der Waals surface area contributed by atoms with Crippen LogP contribution in [0.2, 0.25) is 0 Å². The molecular weight excluding hydrogens is 204 g/mol. The molecule has 1 radical (unpaired) electrons. The van der Waals surface area contributed by atoms with Gasteiger partial charge in [-0.2, -0.15) is 0 Å². The quantitative estimate of drug-likeness (QED) is 0.724. The first-order valence-electron chi connectivity index (χ1n) is 5.77. The second-order valence-corrected chi connectivity index (χ2v) is 4.17. The van der Waals surface area contributed by atoms with Crippen LogP contribution in [0, 0.1) is 6.29 Å². The third-order valence-corrected chi connectivity index (χ3v) is 3.03. The SMILES string of the molecule is c1ccc([C]2OC[C@H]3OCCC[C@@H]3O2)cc1. The van der Waals surface area contributed by atoms with Crippen molar-refractivity contribution >= 4 is 0 Å². The van der Waals surface area contributed by atoms with Gasteiger partial charge >= 0.3 is 0 Å². The molecule has 0 unspecified atom stereocenters. The van der Waals surface area contributed by atoms with Crippen molar-refractivity contribution in [2.24, 2.45) is 0 Å². The minimum atomic E-state index is 0.112. The van der Waals surface area contributed by atoms with Crippen LogP contribution in [0.3, 0.4) is 0 Å². The van der Waals surface area contributed by atoms with Crippen LogP contribution in [-0.2, 0) is 14.2 Å². The number of rotatable bonds is 1. The second-order valence-electron chi connectivity index (χ2n) is 4.17. The van der Waals surface area contributed by atoms with E-state index in [1.54, 1.807) is 0 Å². The van der Waals surface area contributed by atoms with E-state index < -0.39 is 0 Å². The van der Waals surface area contributed by atoms with Crippen molar-refractivity contribution in [3.63, 3.8) is 0 Å². The van der Waals surface area contributed by atoms with Crippen LogP contribution >= 0.6 is 0 Å². The molecule has 0 saturated carbocycles. The van der Waals surface area contributed by atoms with Gasteiger partial charge in [-0.3, -0.25) is 0 Å². The maximum Gasteiger partial charge on any atom is 0.256 e. The first-order valence-corrected chi connectivity index (χ1v) is 5.77. The molecule has 0 amide bonds. The highest BCUT2D eigenvalue weighted by atomic mass is 16.7. The molecule has 3 nitrogen and oxygen atoms in total. The van der Waals surface area contributed by atoms with E-state index in [0.29, 0.717) is 12.9 Å². The summed E-state index contributed by atoms with van der Waals surface area (Å²) in [6.07, 6.45) is 3.06. The fourth-order valence-corrected chi connectivity index (χ4v) is 2.16. The molecule has 0 N–H and O–H groups in total. The maximum atomic E-state index is 5.85. The average Bonchev–Trinajstić information content (AvgIpc) is 2.39. The van der Waals surface area contributed by atoms with Gasteiger partial charge in [0.15, 0.2) is 0 Å². The van der Waals surface area contributed by atoms with Crippen LogP contribution in [0.15, 0.2) is 30.3 Å². The average molecular weight is 219 g/mol. The number of hydrogen-bond acceptors (Lipinski definition) is 3. The van der Waals surface area contributed by atoms with Gasteiger partial charge < -0.3 is 14.2 Å². The summed E-state index contributed by atoms with van der Waals surface area (Å²) in [4.78, 5) is 0. The van der Waals surface area contributed by atoms with Crippen molar-refractivity contribution in [2.75, 3.05) is 13.2 Å². The molecule has 0 spiro atoms. The molecule has 2 aliphatic rings. The van der Waals surface area contributed by atoms with Gasteiger partial charge in [-0.05, 0) is 12.8 Å². The van der Waals surface area contributed by atoms with Crippen molar-refractivity contribution in [1.82, 2.24) is 0 Å². The lowest BCUT2D eigenvalue weighted by Crippen LogP contribution is -2.45. The minimum Gasteiger partial charge on any atom is -0.373 e. The summed E-state index contributed by atoms with van der Waals surface area (Å²) in [5, 5.41) is 0. The maximum absolute atomic E-state index is 5.85. The van der Waals surface area contributed by atoms with Gasteiger partial charge in [0, 0.05) is 12.2 Å². The highest BCUT2D eigenvalue weighted by molar-refractivity contribution is 5.24. The van der Waals surface area contributed by atoms with E-state index in [0.717, 1.165) is 25.0 Å². The Morgan fingerprint density at radius 1 is 1.06 bits per heavy atom. The zero-order chi connectivity index (χ0) is 10.8. The Hall–Kier alpha value is -0.900. The fourth-order valence-electron chi connectivity index (χ4n) is 2.16. The lowest BCUT2D eigenvalue weighted by Gasteiger charge is -2.38. The second kappa shape index (κ2) is 4.53. The van der Waals surface area contributed by atoms with Crippen molar-refractivity contribution in [1.29, 1.82) is 0 Å². The smallest absolute Gasteiger partial charge is 0.256 e. The summed E-state index contributed by atoms with van der Waals surface area (Å²) < 4.78 is 17.1. The molecule has 2 saturated heterocycles. The molecule has 3 rings (SSSR count). The Morgan fingerprint density at radius 3 is 2.81 bits per heavy atom. The van der Waals surface area contributed by atoms with Gasteiger partial charge in [0.1, 0.15) is 6.10 Å². The van der Waals surface area contributed by atoms with E-state index in [1.807, 2.05) is 30.3 Å². The third-order valence-electron chi connectivity index (χ3n) is 3.03. The summed E-state index contributed by atoms with van der Waals surface area (Å²) in [6, 6.07) is 9.95. The summed E-state index contributed by atoms with van der Waals surface area (Å²) >= 11 is 0. The highest BCUT2D eigenvalue weighted by Gasteiger charge is 2.36. The molecule has 85 valence electrons. The Labute approximate surface area is 95.3 Å². The normalized spacial score (nSPS) is 31.0. The zero-order valence-corrected chi connectivity index (χ0v) is 9.09. The lowest BCUT2D eigenvalue weighted by molar-refractivity contribution is -0.207. The summed E-state index contributed by atoms with van der Waals surface area (Å²) in [5.74, 6) is 0. The minimum absolute atomic E-state index is 0.112. The van der Waals surface area contributed by atoms with Gasteiger partial charge in [-0.15, -0.1) is 0 Å². The predicted molar refractivity (Wildman–Crippen MR) is 58.6 cm³/mol. The molecule has 2 fully saturated rings. The Morgan fingerprint density at radius 2 is 1.94 bits per heavy atom. The van der Waals surface area contributed by atoms with Crippen LogP contribution in [0.25, 0.3) is 0 Å². The molecule has 2 aliphatic heterocycles. The molecule has 0 bridgehead atoms. The predicted octanol–water partition coefficient (Wildman–Crippen LogP) is 2.12. The number of hydrogen-bond donors (Lipinski definition) is 0. The van der Waals surface area contributed by atoms with Crippen molar-refractivity contribution in [2.45, 2.75) is 25.0 Å². The van der Waals surface area contributed by atoms with Crippen molar-refractivity contribution in [3.05, 3.63) is 42.2 Å². The molecule has 2 heterocycles. The Bertz CT molecular complexity index is 338. The first-order chi connectivity index (χ1) is 7.93. The fraction of sp³-hybridized carbons (Fsp3) is 0.462. The Kier molecular flexibility index (Phi) is 2.91. The monoisotopic (exact) mass is 219 g/mol. The van der Waals surface area contributed by atoms with Gasteiger partial charge in [-0.1, -0.05) is 30.3 Å². The van der Waals surface area contributed by atoms with Gasteiger partial charge in [0.2, 0.25) is 0 Å². The Balaban J connectivity index is 1.71. The van der Waals surface area contributed by atoms with Crippen molar-refractivity contribution < 1.29 is 14.2 Å². The van der Waals surface area contributed by atoms with Crippen LogP contribution in [0.5, 0.6) is 0 Å². The molecule has 1 aromatic carbocycles. The van der Waals surface area contributed by atoms with Crippen LogP contribution < -0.4 is 0 Å². The van der Waals surface area contributed by atoms with Crippen LogP contribution in [0.4, 0.5) is 0 Å². The zero-order valence-electron chi connectivity index (χ0n) is 9.09.